The summed E-state index contributed by atoms with van der Waals surface area (Å²) in [6, 6.07) is 6.36. The zero-order valence-electron chi connectivity index (χ0n) is 19.7. The third-order valence-electron chi connectivity index (χ3n) is 6.50. The maximum absolute atomic E-state index is 11.9. The smallest absolute Gasteiger partial charge is 0.220 e. The molecule has 0 radical (unpaired) electrons. The van der Waals surface area contributed by atoms with E-state index in [-0.39, 0.29) is 35.8 Å². The van der Waals surface area contributed by atoms with Crippen molar-refractivity contribution in [1.29, 1.82) is 0 Å². The summed E-state index contributed by atoms with van der Waals surface area (Å²) in [5.41, 5.74) is 2.25. The van der Waals surface area contributed by atoms with Crippen molar-refractivity contribution in [3.05, 3.63) is 41.5 Å². The van der Waals surface area contributed by atoms with Crippen molar-refractivity contribution >= 4 is 5.91 Å². The van der Waals surface area contributed by atoms with Crippen LogP contribution < -0.4 is 10.1 Å². The topological polar surface area (TPSA) is 78.8 Å². The Morgan fingerprint density at radius 1 is 1.34 bits per heavy atom. The van der Waals surface area contributed by atoms with Crippen molar-refractivity contribution in [3.8, 4) is 17.6 Å². The van der Waals surface area contributed by atoms with Gasteiger partial charge < -0.3 is 20.3 Å². The molecule has 174 valence electrons. The fourth-order valence-corrected chi connectivity index (χ4v) is 4.81. The molecule has 1 aromatic rings. The van der Waals surface area contributed by atoms with Gasteiger partial charge in [-0.1, -0.05) is 37.3 Å². The summed E-state index contributed by atoms with van der Waals surface area (Å²) in [6.07, 6.45) is 5.92. The summed E-state index contributed by atoms with van der Waals surface area (Å²) < 4.78 is 6.32. The fraction of sp³-hybridized carbons (Fsp3) is 0.593. The molecule has 0 bridgehead atoms. The van der Waals surface area contributed by atoms with Gasteiger partial charge in [-0.05, 0) is 45.1 Å². The predicted octanol–water partition coefficient (Wildman–Crippen LogP) is 3.73. The Morgan fingerprint density at radius 2 is 2.12 bits per heavy atom. The number of amides is 1. The average molecular weight is 440 g/mol. The van der Waals surface area contributed by atoms with Crippen molar-refractivity contribution in [3.63, 3.8) is 0 Å². The highest BCUT2D eigenvalue weighted by Crippen LogP contribution is 2.52. The van der Waals surface area contributed by atoms with E-state index in [0.29, 0.717) is 19.3 Å². The number of hydrogen-bond donors (Lipinski definition) is 3. The summed E-state index contributed by atoms with van der Waals surface area (Å²) >= 11 is 0. The SMILES string of the molecule is CC#CC[C@@H](C)[C@H](O)C=C[C@@H]1[C@H]2c3cccc(CCCC(=O)NC(C)C)c3O[C@H]2C[C@H]1O. The van der Waals surface area contributed by atoms with Gasteiger partial charge in [0.2, 0.25) is 5.91 Å². The number of aliphatic hydroxyl groups excluding tert-OH is 2. The molecule has 0 aromatic heterocycles. The normalized spacial score (nSPS) is 25.6. The third-order valence-corrected chi connectivity index (χ3v) is 6.50. The van der Waals surface area contributed by atoms with Gasteiger partial charge in [0.25, 0.3) is 0 Å². The molecule has 1 saturated carbocycles. The molecule has 1 aromatic carbocycles. The van der Waals surface area contributed by atoms with Gasteiger partial charge in [0.05, 0.1) is 12.2 Å². The van der Waals surface area contributed by atoms with Gasteiger partial charge in [-0.25, -0.2) is 0 Å². The van der Waals surface area contributed by atoms with E-state index >= 15 is 0 Å². The van der Waals surface area contributed by atoms with Crippen LogP contribution in [0.5, 0.6) is 5.75 Å². The molecule has 0 unspecified atom stereocenters. The van der Waals surface area contributed by atoms with Crippen LogP contribution in [0.2, 0.25) is 0 Å². The van der Waals surface area contributed by atoms with Crippen LogP contribution in [0.15, 0.2) is 30.4 Å². The molecule has 1 fully saturated rings. The molecular formula is C27H37NO4. The number of para-hydroxylation sites is 1. The first kappa shape index (κ1) is 24.4. The van der Waals surface area contributed by atoms with Crippen LogP contribution in [-0.2, 0) is 11.2 Å². The number of aryl methyl sites for hydroxylation is 1. The van der Waals surface area contributed by atoms with E-state index in [1.807, 2.05) is 39.0 Å². The zero-order chi connectivity index (χ0) is 23.3. The number of fused-ring (bicyclic) bond motifs is 3. The predicted molar refractivity (Wildman–Crippen MR) is 126 cm³/mol. The highest BCUT2D eigenvalue weighted by molar-refractivity contribution is 5.76. The third kappa shape index (κ3) is 5.74. The molecule has 1 amide bonds. The number of aliphatic hydroxyl groups is 2. The van der Waals surface area contributed by atoms with Crippen LogP contribution in [0.25, 0.3) is 0 Å². The molecule has 1 aliphatic heterocycles. The second-order valence-electron chi connectivity index (χ2n) is 9.46. The van der Waals surface area contributed by atoms with Gasteiger partial charge in [0, 0.05) is 42.7 Å². The summed E-state index contributed by atoms with van der Waals surface area (Å²) in [5, 5.41) is 24.1. The van der Waals surface area contributed by atoms with Crippen molar-refractivity contribution in [2.24, 2.45) is 11.8 Å². The second-order valence-corrected chi connectivity index (χ2v) is 9.46. The second kappa shape index (κ2) is 11.0. The first-order valence-electron chi connectivity index (χ1n) is 11.8. The summed E-state index contributed by atoms with van der Waals surface area (Å²) in [5.74, 6) is 6.92. The minimum atomic E-state index is -0.591. The molecular weight excluding hydrogens is 402 g/mol. The summed E-state index contributed by atoms with van der Waals surface area (Å²) in [6.45, 7) is 7.71. The molecule has 6 atom stereocenters. The van der Waals surface area contributed by atoms with Crippen molar-refractivity contribution < 1.29 is 19.7 Å². The molecule has 2 aliphatic rings. The molecule has 5 nitrogen and oxygen atoms in total. The fourth-order valence-electron chi connectivity index (χ4n) is 4.81. The van der Waals surface area contributed by atoms with E-state index in [9.17, 15) is 15.0 Å². The number of carbonyl (C=O) groups excluding carboxylic acids is 1. The molecule has 0 spiro atoms. The minimum absolute atomic E-state index is 0.0413. The maximum atomic E-state index is 11.9. The number of rotatable bonds is 9. The zero-order valence-corrected chi connectivity index (χ0v) is 19.7. The van der Waals surface area contributed by atoms with E-state index in [0.717, 1.165) is 29.7 Å². The molecule has 32 heavy (non-hydrogen) atoms. The molecule has 1 heterocycles. The molecule has 3 rings (SSSR count). The Balaban J connectivity index is 1.68. The van der Waals surface area contributed by atoms with Crippen LogP contribution in [0.1, 0.15) is 70.4 Å². The number of hydrogen-bond acceptors (Lipinski definition) is 4. The van der Waals surface area contributed by atoms with Crippen LogP contribution >= 0.6 is 0 Å². The van der Waals surface area contributed by atoms with Gasteiger partial charge in [0.15, 0.2) is 0 Å². The lowest BCUT2D eigenvalue weighted by atomic mass is 9.86. The molecule has 5 heteroatoms. The quantitative estimate of drug-likeness (QED) is 0.405. The van der Waals surface area contributed by atoms with Gasteiger partial charge in [0.1, 0.15) is 11.9 Å². The van der Waals surface area contributed by atoms with Crippen molar-refractivity contribution in [2.45, 2.75) is 90.1 Å². The van der Waals surface area contributed by atoms with Crippen LogP contribution in [0.4, 0.5) is 0 Å². The number of ether oxygens (including phenoxy) is 1. The van der Waals surface area contributed by atoms with Crippen LogP contribution in [-0.4, -0.2) is 40.5 Å². The highest BCUT2D eigenvalue weighted by Gasteiger charge is 2.48. The molecule has 1 aliphatic carbocycles. The number of benzene rings is 1. The van der Waals surface area contributed by atoms with Crippen LogP contribution in [0, 0.1) is 23.7 Å². The number of carbonyl (C=O) groups is 1. The van der Waals surface area contributed by atoms with Crippen molar-refractivity contribution in [1.82, 2.24) is 5.32 Å². The largest absolute Gasteiger partial charge is 0.489 e. The Hall–Kier alpha value is -2.29. The Morgan fingerprint density at radius 3 is 2.84 bits per heavy atom. The van der Waals surface area contributed by atoms with E-state index in [1.54, 1.807) is 6.92 Å². The Kier molecular flexibility index (Phi) is 8.39. The molecule has 0 saturated heterocycles. The lowest BCUT2D eigenvalue weighted by Crippen LogP contribution is -2.29. The molecule has 3 N–H and O–H groups in total. The van der Waals surface area contributed by atoms with E-state index in [4.69, 9.17) is 4.74 Å². The number of nitrogens with one attached hydrogen (secondary N) is 1. The first-order valence-corrected chi connectivity index (χ1v) is 11.8. The highest BCUT2D eigenvalue weighted by atomic mass is 16.5. The lowest BCUT2D eigenvalue weighted by Gasteiger charge is -2.19. The van der Waals surface area contributed by atoms with Gasteiger partial charge in [-0.2, -0.15) is 0 Å². The van der Waals surface area contributed by atoms with Gasteiger partial charge >= 0.3 is 0 Å². The van der Waals surface area contributed by atoms with Crippen LogP contribution in [0.3, 0.4) is 0 Å². The minimum Gasteiger partial charge on any atom is -0.489 e. The average Bonchev–Trinajstić information content (AvgIpc) is 3.24. The maximum Gasteiger partial charge on any atom is 0.220 e. The first-order chi connectivity index (χ1) is 15.3. The van der Waals surface area contributed by atoms with Gasteiger partial charge in [-0.15, -0.1) is 11.8 Å². The van der Waals surface area contributed by atoms with E-state index in [2.05, 4.69) is 29.3 Å². The summed E-state index contributed by atoms with van der Waals surface area (Å²) in [4.78, 5) is 11.9. The standard InChI is InChI=1S/C27H37NO4/c1-5-6-9-18(4)22(29)15-14-20-23(30)16-24-26(20)21-12-7-10-19(27(21)32-24)11-8-13-25(31)28-17(2)3/h7,10,12,14-15,17-18,20,22-24,26,29-30H,8-9,11,13,16H2,1-4H3,(H,28,31)/t18-,20+,22-,23-,24+,26+/m1/s1. The Labute approximate surface area is 192 Å². The van der Waals surface area contributed by atoms with E-state index in [1.165, 1.54) is 0 Å². The monoisotopic (exact) mass is 439 g/mol. The van der Waals surface area contributed by atoms with Crippen molar-refractivity contribution in [2.75, 3.05) is 0 Å². The lowest BCUT2D eigenvalue weighted by molar-refractivity contribution is -0.121. The summed E-state index contributed by atoms with van der Waals surface area (Å²) in [7, 11) is 0. The van der Waals surface area contributed by atoms with E-state index < -0.39 is 12.2 Å². The Bertz CT molecular complexity index is 881. The van der Waals surface area contributed by atoms with Gasteiger partial charge in [-0.3, -0.25) is 4.79 Å².